The smallest absolute Gasteiger partial charge is 0.332 e. The molecular weight excluding hydrogens is 192 g/mol. The van der Waals surface area contributed by atoms with Gasteiger partial charge < -0.3 is 19.7 Å². The van der Waals surface area contributed by atoms with Crippen molar-refractivity contribution < 1.29 is 29.3 Å². The summed E-state index contributed by atoms with van der Waals surface area (Å²) in [6, 6.07) is 0. The fourth-order valence-electron chi connectivity index (χ4n) is 0.690. The Morgan fingerprint density at radius 1 is 1.21 bits per heavy atom. The number of aliphatic hydroxyl groups is 2. The van der Waals surface area contributed by atoms with Gasteiger partial charge in [0.2, 0.25) is 0 Å². The number of hydrogen-bond acceptors (Lipinski definition) is 6. The van der Waals surface area contributed by atoms with E-state index in [0.717, 1.165) is 0 Å². The first kappa shape index (κ1) is 12.9. The molecule has 6 heteroatoms. The number of aliphatic hydroxyl groups excluding tert-OH is 2. The van der Waals surface area contributed by atoms with Crippen LogP contribution in [0.3, 0.4) is 0 Å². The Bertz CT molecular complexity index is 190. The summed E-state index contributed by atoms with van der Waals surface area (Å²) in [5.74, 6) is -1.54. The molecule has 0 aromatic rings. The lowest BCUT2D eigenvalue weighted by Gasteiger charge is -2.14. The van der Waals surface area contributed by atoms with Crippen molar-refractivity contribution in [2.75, 3.05) is 19.8 Å². The Balaban J connectivity index is 3.79. The van der Waals surface area contributed by atoms with Gasteiger partial charge in [-0.25, -0.2) is 9.59 Å². The van der Waals surface area contributed by atoms with Crippen molar-refractivity contribution in [2.45, 2.75) is 19.4 Å². The molecule has 0 aliphatic rings. The molecule has 82 valence electrons. The van der Waals surface area contributed by atoms with Crippen molar-refractivity contribution in [3.05, 3.63) is 0 Å². The standard InChI is InChI=1S/C8H14O6/c1-2-6(14-8(12)4-10)5-13-7(11)3-9/h6,9-10H,2-5H2,1H3. The Kier molecular flexibility index (Phi) is 6.69. The zero-order valence-electron chi connectivity index (χ0n) is 7.93. The maximum absolute atomic E-state index is 10.6. The highest BCUT2D eigenvalue weighted by molar-refractivity contribution is 5.71. The minimum absolute atomic E-state index is 0.109. The highest BCUT2D eigenvalue weighted by Gasteiger charge is 2.13. The van der Waals surface area contributed by atoms with Gasteiger partial charge in [0.1, 0.15) is 25.9 Å². The number of rotatable bonds is 6. The molecule has 0 aromatic heterocycles. The van der Waals surface area contributed by atoms with E-state index in [1.807, 2.05) is 0 Å². The Morgan fingerprint density at radius 2 is 1.79 bits per heavy atom. The van der Waals surface area contributed by atoms with Crippen molar-refractivity contribution in [3.63, 3.8) is 0 Å². The van der Waals surface area contributed by atoms with Crippen LogP contribution in [0.5, 0.6) is 0 Å². The molecule has 0 rings (SSSR count). The Labute approximate surface area is 81.4 Å². The summed E-state index contributed by atoms with van der Waals surface area (Å²) in [7, 11) is 0. The maximum atomic E-state index is 10.6. The average molecular weight is 206 g/mol. The fourth-order valence-corrected chi connectivity index (χ4v) is 0.690. The Morgan fingerprint density at radius 3 is 2.21 bits per heavy atom. The summed E-state index contributed by atoms with van der Waals surface area (Å²) in [4.78, 5) is 21.2. The van der Waals surface area contributed by atoms with Crippen LogP contribution in [0.4, 0.5) is 0 Å². The van der Waals surface area contributed by atoms with Gasteiger partial charge in [0.05, 0.1) is 0 Å². The molecule has 0 radical (unpaired) electrons. The molecule has 2 N–H and O–H groups in total. The molecular formula is C8H14O6. The summed E-state index contributed by atoms with van der Waals surface area (Å²) in [6.45, 7) is 0.221. The molecule has 0 bridgehead atoms. The molecule has 0 fully saturated rings. The van der Waals surface area contributed by atoms with E-state index in [2.05, 4.69) is 4.74 Å². The van der Waals surface area contributed by atoms with Crippen molar-refractivity contribution >= 4 is 11.9 Å². The van der Waals surface area contributed by atoms with Crippen molar-refractivity contribution in [1.29, 1.82) is 0 Å². The molecule has 0 aromatic carbocycles. The predicted octanol–water partition coefficient (Wildman–Crippen LogP) is -1.16. The van der Waals surface area contributed by atoms with Crippen LogP contribution in [0.15, 0.2) is 0 Å². The zero-order chi connectivity index (χ0) is 11.0. The molecule has 0 aliphatic heterocycles. The van der Waals surface area contributed by atoms with Gasteiger partial charge in [0.25, 0.3) is 0 Å². The van der Waals surface area contributed by atoms with E-state index in [0.29, 0.717) is 6.42 Å². The van der Waals surface area contributed by atoms with E-state index in [1.54, 1.807) is 6.92 Å². The molecule has 0 amide bonds. The first-order valence-corrected chi connectivity index (χ1v) is 4.20. The van der Waals surface area contributed by atoms with Crippen LogP contribution in [0.1, 0.15) is 13.3 Å². The lowest BCUT2D eigenvalue weighted by Crippen LogP contribution is -2.26. The minimum Gasteiger partial charge on any atom is -0.460 e. The third-order valence-corrected chi connectivity index (χ3v) is 1.44. The second-order valence-electron chi connectivity index (χ2n) is 2.52. The number of hydrogen-bond donors (Lipinski definition) is 2. The van der Waals surface area contributed by atoms with Crippen LogP contribution >= 0.6 is 0 Å². The number of ether oxygens (including phenoxy) is 2. The highest BCUT2D eigenvalue weighted by Crippen LogP contribution is 1.99. The van der Waals surface area contributed by atoms with Gasteiger partial charge >= 0.3 is 11.9 Å². The van der Waals surface area contributed by atoms with E-state index in [4.69, 9.17) is 14.9 Å². The minimum atomic E-state index is -0.775. The van der Waals surface area contributed by atoms with Crippen LogP contribution in [0.25, 0.3) is 0 Å². The topological polar surface area (TPSA) is 93.1 Å². The third-order valence-electron chi connectivity index (χ3n) is 1.44. The first-order chi connectivity index (χ1) is 6.63. The van der Waals surface area contributed by atoms with Crippen molar-refractivity contribution in [3.8, 4) is 0 Å². The fraction of sp³-hybridized carbons (Fsp3) is 0.750. The van der Waals surface area contributed by atoms with Crippen LogP contribution < -0.4 is 0 Å². The molecule has 0 heterocycles. The maximum Gasteiger partial charge on any atom is 0.332 e. The molecule has 14 heavy (non-hydrogen) atoms. The second-order valence-corrected chi connectivity index (χ2v) is 2.52. The normalized spacial score (nSPS) is 11.9. The van der Waals surface area contributed by atoms with Gasteiger partial charge in [-0.15, -0.1) is 0 Å². The number of carbonyl (C=O) groups excluding carboxylic acids is 2. The van der Waals surface area contributed by atoms with Crippen LogP contribution in [0, 0.1) is 0 Å². The number of esters is 2. The van der Waals surface area contributed by atoms with Gasteiger partial charge in [-0.1, -0.05) is 6.92 Å². The van der Waals surface area contributed by atoms with E-state index >= 15 is 0 Å². The molecule has 1 unspecified atom stereocenters. The summed E-state index contributed by atoms with van der Waals surface area (Å²) in [6.07, 6.45) is -0.116. The SMILES string of the molecule is CCC(COC(=O)CO)OC(=O)CO. The molecule has 1 atom stereocenters. The molecule has 0 saturated heterocycles. The van der Waals surface area contributed by atoms with Gasteiger partial charge in [-0.3, -0.25) is 0 Å². The van der Waals surface area contributed by atoms with Crippen LogP contribution in [0.2, 0.25) is 0 Å². The molecule has 0 spiro atoms. The lowest BCUT2D eigenvalue weighted by molar-refractivity contribution is -0.162. The quantitative estimate of drug-likeness (QED) is 0.532. The Hall–Kier alpha value is -1.14. The van der Waals surface area contributed by atoms with Crippen molar-refractivity contribution in [1.82, 2.24) is 0 Å². The highest BCUT2D eigenvalue weighted by atomic mass is 16.6. The molecule has 0 saturated carbocycles. The monoisotopic (exact) mass is 206 g/mol. The summed E-state index contributed by atoms with van der Waals surface area (Å²) in [5, 5.41) is 16.7. The zero-order valence-corrected chi connectivity index (χ0v) is 7.93. The lowest BCUT2D eigenvalue weighted by atomic mass is 10.3. The van der Waals surface area contributed by atoms with E-state index in [1.165, 1.54) is 0 Å². The average Bonchev–Trinajstić information content (AvgIpc) is 2.22. The summed E-state index contributed by atoms with van der Waals surface area (Å²) >= 11 is 0. The van der Waals surface area contributed by atoms with Crippen LogP contribution in [-0.2, 0) is 19.1 Å². The predicted molar refractivity (Wildman–Crippen MR) is 45.3 cm³/mol. The molecule has 0 aliphatic carbocycles. The summed E-state index contributed by atoms with van der Waals surface area (Å²) < 4.78 is 9.24. The third kappa shape index (κ3) is 5.50. The van der Waals surface area contributed by atoms with Gasteiger partial charge in [-0.05, 0) is 6.42 Å². The van der Waals surface area contributed by atoms with Crippen molar-refractivity contribution in [2.24, 2.45) is 0 Å². The summed E-state index contributed by atoms with van der Waals surface area (Å²) in [5.41, 5.74) is 0. The van der Waals surface area contributed by atoms with E-state index < -0.39 is 31.3 Å². The second kappa shape index (κ2) is 7.28. The first-order valence-electron chi connectivity index (χ1n) is 4.20. The van der Waals surface area contributed by atoms with Gasteiger partial charge in [0, 0.05) is 0 Å². The largest absolute Gasteiger partial charge is 0.460 e. The number of carbonyl (C=O) groups is 2. The van der Waals surface area contributed by atoms with Gasteiger partial charge in [0.15, 0.2) is 0 Å². The van der Waals surface area contributed by atoms with E-state index in [9.17, 15) is 9.59 Å². The van der Waals surface area contributed by atoms with E-state index in [-0.39, 0.29) is 6.61 Å². The van der Waals surface area contributed by atoms with Gasteiger partial charge in [-0.2, -0.15) is 0 Å². The molecule has 6 nitrogen and oxygen atoms in total. The van der Waals surface area contributed by atoms with Crippen LogP contribution in [-0.4, -0.2) is 48.1 Å².